The molecule has 3 aromatic heterocycles. The molecule has 4 rings (SSSR count). The molecule has 0 spiro atoms. The van der Waals surface area contributed by atoms with Crippen LogP contribution in [0.2, 0.25) is 0 Å². The van der Waals surface area contributed by atoms with Crippen LogP contribution in [0.5, 0.6) is 0 Å². The molecule has 0 fully saturated rings. The minimum atomic E-state index is -0.0815. The quantitative estimate of drug-likeness (QED) is 0.519. The smallest absolute Gasteiger partial charge is 0.257 e. The number of benzene rings is 1. The number of pyridine rings is 1. The van der Waals surface area contributed by atoms with Crippen LogP contribution in [0.15, 0.2) is 41.6 Å². The minimum absolute atomic E-state index is 0.0815. The van der Waals surface area contributed by atoms with Gasteiger partial charge in [0.05, 0.1) is 0 Å². The second kappa shape index (κ2) is 3.41. The van der Waals surface area contributed by atoms with Crippen LogP contribution in [0.25, 0.3) is 32.8 Å². The van der Waals surface area contributed by atoms with Gasteiger partial charge in [-0.15, -0.1) is 0 Å². The maximum absolute atomic E-state index is 12.1. The third kappa shape index (κ3) is 1.21. The van der Waals surface area contributed by atoms with Crippen LogP contribution < -0.4 is 5.56 Å². The molecule has 0 aliphatic heterocycles. The zero-order valence-corrected chi connectivity index (χ0v) is 10.2. The molecule has 0 atom stereocenters. The lowest BCUT2D eigenvalue weighted by Crippen LogP contribution is -2.07. The summed E-state index contributed by atoms with van der Waals surface area (Å²) >= 11 is 0. The van der Waals surface area contributed by atoms with Gasteiger partial charge < -0.3 is 9.55 Å². The summed E-state index contributed by atoms with van der Waals surface area (Å²) in [6.45, 7) is 0. The molecule has 4 aromatic rings. The lowest BCUT2D eigenvalue weighted by Gasteiger charge is -2.00. The van der Waals surface area contributed by atoms with Crippen LogP contribution in [0.4, 0.5) is 0 Å². The fourth-order valence-electron chi connectivity index (χ4n) is 2.66. The highest BCUT2D eigenvalue weighted by atomic mass is 16.1. The van der Waals surface area contributed by atoms with E-state index in [1.807, 2.05) is 35.9 Å². The number of aryl methyl sites for hydroxylation is 1. The fourth-order valence-corrected chi connectivity index (χ4v) is 2.66. The normalized spacial score (nSPS) is 11.6. The Balaban J connectivity index is 2.47. The van der Waals surface area contributed by atoms with Crippen molar-refractivity contribution in [2.24, 2.45) is 7.05 Å². The third-order valence-electron chi connectivity index (χ3n) is 3.52. The number of nitrogens with zero attached hydrogens (tertiary/aromatic N) is 3. The third-order valence-corrected chi connectivity index (χ3v) is 3.52. The topological polar surface area (TPSA) is 63.6 Å². The number of hydrogen-bond acceptors (Lipinski definition) is 3. The van der Waals surface area contributed by atoms with Crippen LogP contribution in [-0.4, -0.2) is 19.5 Å². The first kappa shape index (κ1) is 10.3. The monoisotopic (exact) mass is 250 g/mol. The number of aromatic amines is 1. The Morgan fingerprint density at radius 3 is 2.79 bits per heavy atom. The lowest BCUT2D eigenvalue weighted by atomic mass is 10.1. The zero-order valence-electron chi connectivity index (χ0n) is 10.2. The summed E-state index contributed by atoms with van der Waals surface area (Å²) in [5, 5.41) is 3.56. The van der Waals surface area contributed by atoms with Crippen molar-refractivity contribution >= 4 is 32.8 Å². The van der Waals surface area contributed by atoms with Gasteiger partial charge in [-0.05, 0) is 11.5 Å². The predicted octanol–water partition coefficient (Wildman–Crippen LogP) is 1.96. The molecular weight excluding hydrogens is 240 g/mol. The van der Waals surface area contributed by atoms with Gasteiger partial charge >= 0.3 is 0 Å². The van der Waals surface area contributed by atoms with Crippen molar-refractivity contribution in [1.82, 2.24) is 19.5 Å². The van der Waals surface area contributed by atoms with Crippen LogP contribution in [0.3, 0.4) is 0 Å². The van der Waals surface area contributed by atoms with Crippen LogP contribution in [-0.2, 0) is 7.05 Å². The minimum Gasteiger partial charge on any atom is -0.314 e. The Hall–Kier alpha value is -2.69. The number of rotatable bonds is 0. The summed E-state index contributed by atoms with van der Waals surface area (Å²) in [6.07, 6.45) is 3.30. The maximum atomic E-state index is 12.1. The van der Waals surface area contributed by atoms with Crippen molar-refractivity contribution in [2.75, 3.05) is 0 Å². The molecule has 0 aliphatic carbocycles. The van der Waals surface area contributed by atoms with Gasteiger partial charge in [0, 0.05) is 29.4 Å². The summed E-state index contributed by atoms with van der Waals surface area (Å²) < 4.78 is 1.89. The van der Waals surface area contributed by atoms with E-state index in [2.05, 4.69) is 15.0 Å². The van der Waals surface area contributed by atoms with Gasteiger partial charge in [-0.2, -0.15) is 0 Å². The molecular formula is C14H10N4O. The number of hydrogen-bond donors (Lipinski definition) is 1. The molecule has 0 saturated carbocycles. The van der Waals surface area contributed by atoms with E-state index in [0.29, 0.717) is 5.39 Å². The van der Waals surface area contributed by atoms with E-state index in [1.54, 1.807) is 6.20 Å². The number of nitrogens with one attached hydrogen (secondary N) is 1. The van der Waals surface area contributed by atoms with Gasteiger partial charge in [-0.3, -0.25) is 4.79 Å². The fraction of sp³-hybridized carbons (Fsp3) is 0.0714. The van der Waals surface area contributed by atoms with E-state index in [9.17, 15) is 4.79 Å². The standard InChI is InChI=1S/C14H10N4O/c1-18-12-10(6-15-7-16-12)11-8-4-2-3-5-9(8)14(19)17-13(11)18/h2-7H,1H3,(H,17,19). The van der Waals surface area contributed by atoms with E-state index in [1.165, 1.54) is 6.33 Å². The molecule has 1 N–H and O–H groups in total. The van der Waals surface area contributed by atoms with E-state index in [-0.39, 0.29) is 5.56 Å². The largest absolute Gasteiger partial charge is 0.314 e. The second-order valence-corrected chi connectivity index (χ2v) is 4.54. The molecule has 0 saturated heterocycles. The van der Waals surface area contributed by atoms with E-state index in [0.717, 1.165) is 27.5 Å². The van der Waals surface area contributed by atoms with Gasteiger partial charge in [0.25, 0.3) is 5.56 Å². The van der Waals surface area contributed by atoms with Gasteiger partial charge in [-0.1, -0.05) is 18.2 Å². The van der Waals surface area contributed by atoms with Crippen molar-refractivity contribution in [3.8, 4) is 0 Å². The van der Waals surface area contributed by atoms with Gasteiger partial charge in [0.15, 0.2) is 0 Å². The first-order valence-corrected chi connectivity index (χ1v) is 5.96. The Morgan fingerprint density at radius 1 is 1.16 bits per heavy atom. The van der Waals surface area contributed by atoms with Gasteiger partial charge in [0.1, 0.15) is 17.6 Å². The summed E-state index contributed by atoms with van der Waals surface area (Å²) in [5.74, 6) is 0. The summed E-state index contributed by atoms with van der Waals surface area (Å²) in [7, 11) is 1.89. The molecule has 0 unspecified atom stereocenters. The highest BCUT2D eigenvalue weighted by Gasteiger charge is 2.14. The highest BCUT2D eigenvalue weighted by Crippen LogP contribution is 2.29. The SMILES string of the molecule is Cn1c2ncncc2c2c3ccccc3c(=O)[nH]c21. The molecule has 0 aliphatic rings. The molecule has 3 heterocycles. The average Bonchev–Trinajstić information content (AvgIpc) is 2.73. The number of fused-ring (bicyclic) bond motifs is 5. The zero-order chi connectivity index (χ0) is 13.0. The van der Waals surface area contributed by atoms with Crippen molar-refractivity contribution < 1.29 is 0 Å². The Kier molecular flexibility index (Phi) is 1.84. The molecule has 5 nitrogen and oxygen atoms in total. The molecule has 19 heavy (non-hydrogen) atoms. The van der Waals surface area contributed by atoms with E-state index in [4.69, 9.17) is 0 Å². The Labute approximate surface area is 107 Å². The van der Waals surface area contributed by atoms with Crippen molar-refractivity contribution in [2.45, 2.75) is 0 Å². The first-order valence-electron chi connectivity index (χ1n) is 5.96. The maximum Gasteiger partial charge on any atom is 0.257 e. The van der Waals surface area contributed by atoms with Gasteiger partial charge in [0.2, 0.25) is 0 Å². The number of aromatic nitrogens is 4. The Morgan fingerprint density at radius 2 is 1.95 bits per heavy atom. The van der Waals surface area contributed by atoms with Crippen LogP contribution in [0, 0.1) is 0 Å². The molecule has 0 radical (unpaired) electrons. The number of H-pyrrole nitrogens is 1. The predicted molar refractivity (Wildman–Crippen MR) is 74.1 cm³/mol. The molecule has 5 heteroatoms. The molecule has 1 aromatic carbocycles. The average molecular weight is 250 g/mol. The van der Waals surface area contributed by atoms with E-state index >= 15 is 0 Å². The van der Waals surface area contributed by atoms with E-state index < -0.39 is 0 Å². The van der Waals surface area contributed by atoms with Crippen molar-refractivity contribution in [3.63, 3.8) is 0 Å². The lowest BCUT2D eigenvalue weighted by molar-refractivity contribution is 0.959. The van der Waals surface area contributed by atoms with Crippen LogP contribution in [0.1, 0.15) is 0 Å². The Bertz CT molecular complexity index is 997. The first-order chi connectivity index (χ1) is 9.27. The summed E-state index contributed by atoms with van der Waals surface area (Å²) in [6, 6.07) is 7.59. The van der Waals surface area contributed by atoms with Crippen molar-refractivity contribution in [1.29, 1.82) is 0 Å². The summed E-state index contributed by atoms with van der Waals surface area (Å²) in [5.41, 5.74) is 1.51. The molecule has 92 valence electrons. The van der Waals surface area contributed by atoms with Crippen LogP contribution >= 0.6 is 0 Å². The van der Waals surface area contributed by atoms with Crippen molar-refractivity contribution in [3.05, 3.63) is 47.1 Å². The second-order valence-electron chi connectivity index (χ2n) is 4.54. The molecule has 0 amide bonds. The van der Waals surface area contributed by atoms with Gasteiger partial charge in [-0.25, -0.2) is 9.97 Å². The highest BCUT2D eigenvalue weighted by molar-refractivity contribution is 6.18. The summed E-state index contributed by atoms with van der Waals surface area (Å²) in [4.78, 5) is 23.4. The molecule has 0 bridgehead atoms.